The smallest absolute Gasteiger partial charge is 0.250 e. The van der Waals surface area contributed by atoms with Crippen molar-refractivity contribution < 1.29 is 8.78 Å². The lowest BCUT2D eigenvalue weighted by atomic mass is 10.0. The van der Waals surface area contributed by atoms with Gasteiger partial charge in [0.2, 0.25) is 0 Å². The van der Waals surface area contributed by atoms with E-state index in [2.05, 4.69) is 19.2 Å². The van der Waals surface area contributed by atoms with E-state index in [9.17, 15) is 8.78 Å². The Hall–Kier alpha value is -0.960. The van der Waals surface area contributed by atoms with Gasteiger partial charge in [-0.1, -0.05) is 38.1 Å². The van der Waals surface area contributed by atoms with Gasteiger partial charge in [0.05, 0.1) is 6.54 Å². The normalized spacial score (nSPS) is 11.3. The van der Waals surface area contributed by atoms with Gasteiger partial charge in [-0.3, -0.25) is 0 Å². The molecule has 1 nitrogen and oxygen atoms in total. The van der Waals surface area contributed by atoms with Crippen molar-refractivity contribution in [2.75, 3.05) is 6.54 Å². The number of rotatable bonds is 5. The van der Waals surface area contributed by atoms with Crippen LogP contribution in [0.5, 0.6) is 0 Å². The molecule has 0 amide bonds. The van der Waals surface area contributed by atoms with E-state index in [0.29, 0.717) is 12.5 Å². The minimum Gasteiger partial charge on any atom is -0.307 e. The Morgan fingerprint density at radius 2 is 1.73 bits per heavy atom. The fourth-order valence-corrected chi connectivity index (χ4v) is 1.35. The van der Waals surface area contributed by atoms with Gasteiger partial charge in [0.25, 0.3) is 6.43 Å². The van der Waals surface area contributed by atoms with Gasteiger partial charge in [0.15, 0.2) is 0 Å². The van der Waals surface area contributed by atoms with Crippen molar-refractivity contribution in [2.24, 2.45) is 0 Å². The highest BCUT2D eigenvalue weighted by Gasteiger charge is 2.01. The van der Waals surface area contributed by atoms with Crippen molar-refractivity contribution >= 4 is 0 Å². The molecule has 0 aliphatic carbocycles. The second-order valence-electron chi connectivity index (χ2n) is 3.92. The van der Waals surface area contributed by atoms with Crippen LogP contribution in [0.4, 0.5) is 8.78 Å². The molecule has 1 aromatic rings. The summed E-state index contributed by atoms with van der Waals surface area (Å²) in [5.74, 6) is 0.507. The Morgan fingerprint density at radius 1 is 1.13 bits per heavy atom. The summed E-state index contributed by atoms with van der Waals surface area (Å²) in [5, 5.41) is 2.70. The number of alkyl halides is 2. The first-order chi connectivity index (χ1) is 7.09. The van der Waals surface area contributed by atoms with E-state index in [1.807, 2.05) is 24.3 Å². The third-order valence-corrected chi connectivity index (χ3v) is 2.27. The Kier molecular flexibility index (Phi) is 4.69. The van der Waals surface area contributed by atoms with Gasteiger partial charge >= 0.3 is 0 Å². The average molecular weight is 213 g/mol. The summed E-state index contributed by atoms with van der Waals surface area (Å²) in [5.41, 5.74) is 2.31. The minimum atomic E-state index is -2.28. The quantitative estimate of drug-likeness (QED) is 0.792. The molecule has 0 heterocycles. The third-order valence-electron chi connectivity index (χ3n) is 2.27. The van der Waals surface area contributed by atoms with Crippen LogP contribution < -0.4 is 5.32 Å². The standard InChI is InChI=1S/C12H17F2N/c1-9(2)11-5-3-10(4-6-11)7-15-8-12(13)14/h3-6,9,12,15H,7-8H2,1-2H3. The molecule has 15 heavy (non-hydrogen) atoms. The monoisotopic (exact) mass is 213 g/mol. The molecule has 0 bridgehead atoms. The number of hydrogen-bond acceptors (Lipinski definition) is 1. The molecule has 0 atom stereocenters. The molecule has 0 saturated heterocycles. The predicted molar refractivity (Wildman–Crippen MR) is 58.2 cm³/mol. The second kappa shape index (κ2) is 5.81. The third kappa shape index (κ3) is 4.38. The molecule has 1 rings (SSSR count). The van der Waals surface area contributed by atoms with E-state index in [0.717, 1.165) is 5.56 Å². The molecular weight excluding hydrogens is 196 g/mol. The molecule has 0 radical (unpaired) electrons. The van der Waals surface area contributed by atoms with Crippen molar-refractivity contribution in [2.45, 2.75) is 32.7 Å². The van der Waals surface area contributed by atoms with E-state index in [4.69, 9.17) is 0 Å². The number of hydrogen-bond donors (Lipinski definition) is 1. The summed E-state index contributed by atoms with van der Waals surface area (Å²) in [6.07, 6.45) is -2.28. The lowest BCUT2D eigenvalue weighted by molar-refractivity contribution is 0.145. The van der Waals surface area contributed by atoms with Crippen molar-refractivity contribution in [1.29, 1.82) is 0 Å². The van der Waals surface area contributed by atoms with Crippen LogP contribution in [0.15, 0.2) is 24.3 Å². The van der Waals surface area contributed by atoms with E-state index < -0.39 is 6.43 Å². The first kappa shape index (κ1) is 12.1. The maximum absolute atomic E-state index is 11.8. The summed E-state index contributed by atoms with van der Waals surface area (Å²) >= 11 is 0. The number of nitrogens with one attached hydrogen (secondary N) is 1. The van der Waals surface area contributed by atoms with Crippen molar-refractivity contribution in [3.63, 3.8) is 0 Å². The van der Waals surface area contributed by atoms with Crippen LogP contribution in [0.25, 0.3) is 0 Å². The van der Waals surface area contributed by atoms with E-state index in [1.54, 1.807) is 0 Å². The molecule has 1 N–H and O–H groups in total. The van der Waals surface area contributed by atoms with Crippen LogP contribution in [0.3, 0.4) is 0 Å². The van der Waals surface area contributed by atoms with E-state index in [-0.39, 0.29) is 6.54 Å². The molecule has 3 heteroatoms. The van der Waals surface area contributed by atoms with E-state index >= 15 is 0 Å². The predicted octanol–water partition coefficient (Wildman–Crippen LogP) is 3.16. The van der Waals surface area contributed by atoms with Gasteiger partial charge in [-0.2, -0.15) is 0 Å². The molecule has 0 aliphatic rings. The maximum Gasteiger partial charge on any atom is 0.250 e. The average Bonchev–Trinajstić information content (AvgIpc) is 2.18. The topological polar surface area (TPSA) is 12.0 Å². The molecule has 84 valence electrons. The molecular formula is C12H17F2N. The molecule has 0 saturated carbocycles. The van der Waals surface area contributed by atoms with Gasteiger partial charge in [0.1, 0.15) is 0 Å². The highest BCUT2D eigenvalue weighted by atomic mass is 19.3. The first-order valence-electron chi connectivity index (χ1n) is 5.17. The Morgan fingerprint density at radius 3 is 2.20 bits per heavy atom. The SMILES string of the molecule is CC(C)c1ccc(CNCC(F)F)cc1. The fourth-order valence-electron chi connectivity index (χ4n) is 1.35. The first-order valence-corrected chi connectivity index (χ1v) is 5.17. The van der Waals surface area contributed by atoms with Crippen LogP contribution in [0, 0.1) is 0 Å². The largest absolute Gasteiger partial charge is 0.307 e. The fraction of sp³-hybridized carbons (Fsp3) is 0.500. The summed E-state index contributed by atoms with van der Waals surface area (Å²) < 4.78 is 23.7. The zero-order valence-corrected chi connectivity index (χ0v) is 9.13. The Balaban J connectivity index is 2.43. The molecule has 0 spiro atoms. The molecule has 0 fully saturated rings. The van der Waals surface area contributed by atoms with Crippen LogP contribution in [-0.4, -0.2) is 13.0 Å². The van der Waals surface area contributed by atoms with Gasteiger partial charge in [-0.15, -0.1) is 0 Å². The van der Waals surface area contributed by atoms with Crippen LogP contribution in [0.1, 0.15) is 30.9 Å². The lowest BCUT2D eigenvalue weighted by Crippen LogP contribution is -2.20. The Bertz CT molecular complexity index is 280. The second-order valence-corrected chi connectivity index (χ2v) is 3.92. The summed E-state index contributed by atoms with van der Waals surface area (Å²) in [6, 6.07) is 8.05. The molecule has 0 aromatic heterocycles. The highest BCUT2D eigenvalue weighted by Crippen LogP contribution is 2.14. The van der Waals surface area contributed by atoms with Crippen LogP contribution in [0.2, 0.25) is 0 Å². The summed E-state index contributed by atoms with van der Waals surface area (Å²) in [4.78, 5) is 0. The zero-order valence-electron chi connectivity index (χ0n) is 9.13. The minimum absolute atomic E-state index is 0.244. The van der Waals surface area contributed by atoms with Crippen LogP contribution in [-0.2, 0) is 6.54 Å². The summed E-state index contributed by atoms with van der Waals surface area (Å²) in [6.45, 7) is 4.52. The van der Waals surface area contributed by atoms with E-state index in [1.165, 1.54) is 5.56 Å². The maximum atomic E-state index is 11.8. The van der Waals surface area contributed by atoms with Gasteiger partial charge < -0.3 is 5.32 Å². The number of halogens is 2. The number of benzene rings is 1. The van der Waals surface area contributed by atoms with Gasteiger partial charge in [-0.05, 0) is 17.0 Å². The van der Waals surface area contributed by atoms with Gasteiger partial charge in [-0.25, -0.2) is 8.78 Å². The lowest BCUT2D eigenvalue weighted by Gasteiger charge is -2.07. The molecule has 0 aliphatic heterocycles. The summed E-state index contributed by atoms with van der Waals surface area (Å²) in [7, 11) is 0. The molecule has 0 unspecified atom stereocenters. The molecule has 1 aromatic carbocycles. The Labute approximate surface area is 89.5 Å². The van der Waals surface area contributed by atoms with Crippen molar-refractivity contribution in [3.8, 4) is 0 Å². The van der Waals surface area contributed by atoms with Crippen molar-refractivity contribution in [1.82, 2.24) is 5.32 Å². The van der Waals surface area contributed by atoms with Gasteiger partial charge in [0, 0.05) is 6.54 Å². The van der Waals surface area contributed by atoms with Crippen molar-refractivity contribution in [3.05, 3.63) is 35.4 Å². The van der Waals surface area contributed by atoms with Crippen LogP contribution >= 0.6 is 0 Å². The zero-order chi connectivity index (χ0) is 11.3. The highest BCUT2D eigenvalue weighted by molar-refractivity contribution is 5.24.